The van der Waals surface area contributed by atoms with Gasteiger partial charge in [-0.25, -0.2) is 4.98 Å². The van der Waals surface area contributed by atoms with Crippen molar-refractivity contribution in [3.8, 4) is 17.4 Å². The molecule has 0 aliphatic carbocycles. The highest BCUT2D eigenvalue weighted by atomic mass is 16.5. The van der Waals surface area contributed by atoms with Crippen LogP contribution in [0.2, 0.25) is 0 Å². The Kier molecular flexibility index (Phi) is 5.90. The molecule has 0 saturated carbocycles. The largest absolute Gasteiger partial charge is 0.507 e. The molecule has 7 nitrogen and oxygen atoms in total. The summed E-state index contributed by atoms with van der Waals surface area (Å²) in [4.78, 5) is 30.0. The number of likely N-dealkylation sites (tertiary alicyclic amines) is 1. The molecule has 1 unspecified atom stereocenters. The number of piperidine rings is 1. The zero-order valence-corrected chi connectivity index (χ0v) is 15.1. The lowest BCUT2D eigenvalue weighted by atomic mass is 10.0. The van der Waals surface area contributed by atoms with Crippen LogP contribution >= 0.6 is 0 Å². The minimum Gasteiger partial charge on any atom is -0.507 e. The van der Waals surface area contributed by atoms with Crippen LogP contribution in [-0.4, -0.2) is 53.5 Å². The van der Waals surface area contributed by atoms with Gasteiger partial charge in [0.05, 0.1) is 24.3 Å². The van der Waals surface area contributed by atoms with Crippen molar-refractivity contribution in [2.24, 2.45) is 0 Å². The number of aromatic nitrogens is 1. The Labute approximate surface area is 157 Å². The minimum absolute atomic E-state index is 0.107. The molecule has 1 N–H and O–H groups in total. The van der Waals surface area contributed by atoms with Crippen LogP contribution in [0.25, 0.3) is 0 Å². The number of hydrogen-bond donors (Lipinski definition) is 1. The van der Waals surface area contributed by atoms with Gasteiger partial charge in [0.1, 0.15) is 18.1 Å². The van der Waals surface area contributed by atoms with Gasteiger partial charge in [-0.05, 0) is 37.5 Å². The zero-order chi connectivity index (χ0) is 19.2. The highest BCUT2D eigenvalue weighted by Crippen LogP contribution is 2.27. The van der Waals surface area contributed by atoms with Crippen molar-refractivity contribution in [1.29, 1.82) is 0 Å². The number of phenols is 1. The summed E-state index contributed by atoms with van der Waals surface area (Å²) in [5.74, 6) is 0.540. The number of carbonyl (C=O) groups excluding carboxylic acids is 2. The van der Waals surface area contributed by atoms with E-state index in [0.717, 1.165) is 19.3 Å². The van der Waals surface area contributed by atoms with E-state index in [4.69, 9.17) is 9.47 Å². The quantitative estimate of drug-likeness (QED) is 0.787. The van der Waals surface area contributed by atoms with Crippen molar-refractivity contribution in [3.63, 3.8) is 0 Å². The lowest BCUT2D eigenvalue weighted by Gasteiger charge is -2.35. The molecule has 1 aromatic carbocycles. The van der Waals surface area contributed by atoms with Gasteiger partial charge in [0.25, 0.3) is 5.91 Å². The molecule has 27 heavy (non-hydrogen) atoms. The number of nitrogens with zero attached hydrogens (tertiary/aromatic N) is 2. The molecule has 0 radical (unpaired) electrons. The molecular weight excluding hydrogens is 348 g/mol. The van der Waals surface area contributed by atoms with Crippen molar-refractivity contribution in [3.05, 3.63) is 47.7 Å². The highest BCUT2D eigenvalue weighted by Gasteiger charge is 2.28. The predicted octanol–water partition coefficient (Wildman–Crippen LogP) is 2.68. The molecule has 142 valence electrons. The van der Waals surface area contributed by atoms with Gasteiger partial charge < -0.3 is 19.5 Å². The van der Waals surface area contributed by atoms with Crippen LogP contribution in [0, 0.1) is 0 Å². The van der Waals surface area contributed by atoms with Gasteiger partial charge in [0.15, 0.2) is 6.29 Å². The first kappa shape index (κ1) is 18.7. The number of benzene rings is 1. The van der Waals surface area contributed by atoms with E-state index in [0.29, 0.717) is 30.0 Å². The van der Waals surface area contributed by atoms with Crippen LogP contribution in [0.3, 0.4) is 0 Å². The maximum Gasteiger partial charge on any atom is 0.255 e. The molecule has 1 aliphatic heterocycles. The van der Waals surface area contributed by atoms with Gasteiger partial charge >= 0.3 is 0 Å². The molecule has 2 aromatic rings. The van der Waals surface area contributed by atoms with E-state index in [1.54, 1.807) is 29.2 Å². The molecule has 7 heteroatoms. The number of rotatable bonds is 6. The number of methoxy groups -OCH3 is 1. The summed E-state index contributed by atoms with van der Waals surface area (Å²) in [7, 11) is 1.52. The van der Waals surface area contributed by atoms with Crippen LogP contribution < -0.4 is 9.47 Å². The fourth-order valence-electron chi connectivity index (χ4n) is 3.20. The topological polar surface area (TPSA) is 89.0 Å². The van der Waals surface area contributed by atoms with Crippen LogP contribution in [0.4, 0.5) is 0 Å². The van der Waals surface area contributed by atoms with E-state index in [-0.39, 0.29) is 29.9 Å². The third-order valence-corrected chi connectivity index (χ3v) is 4.67. The molecule has 1 aliphatic rings. The summed E-state index contributed by atoms with van der Waals surface area (Å²) in [5.41, 5.74) is 0.610. The molecule has 3 rings (SSSR count). The lowest BCUT2D eigenvalue weighted by Crippen LogP contribution is -2.46. The average molecular weight is 370 g/mol. The van der Waals surface area contributed by atoms with Crippen molar-refractivity contribution < 1.29 is 24.2 Å². The first-order valence-corrected chi connectivity index (χ1v) is 8.85. The standard InChI is InChI=1S/C20H22N2O5/c1-26-19-9-8-14(11-21-19)20(25)22-10-3-2-5-15(22)13-27-18-7-4-6-17(24)16(18)12-23/h4,6-9,11-12,15,24H,2-3,5,10,13H2,1H3. The second kappa shape index (κ2) is 8.53. The Hall–Kier alpha value is -3.09. The second-order valence-electron chi connectivity index (χ2n) is 6.36. The fourth-order valence-corrected chi connectivity index (χ4v) is 3.20. The molecule has 0 bridgehead atoms. The summed E-state index contributed by atoms with van der Waals surface area (Å²) in [6.45, 7) is 0.888. The second-order valence-corrected chi connectivity index (χ2v) is 6.36. The minimum atomic E-state index is -0.122. The van der Waals surface area contributed by atoms with Gasteiger partial charge in [-0.1, -0.05) is 6.07 Å². The molecule has 1 atom stereocenters. The summed E-state index contributed by atoms with van der Waals surface area (Å²) in [6.07, 6.45) is 4.81. The maximum atomic E-state index is 12.9. The Balaban J connectivity index is 1.72. The molecule has 1 aromatic heterocycles. The average Bonchev–Trinajstić information content (AvgIpc) is 2.72. The fraction of sp³-hybridized carbons (Fsp3) is 0.350. The van der Waals surface area contributed by atoms with Gasteiger partial charge in [0, 0.05) is 18.8 Å². The molecule has 1 amide bonds. The Morgan fingerprint density at radius 3 is 2.89 bits per heavy atom. The van der Waals surface area contributed by atoms with Gasteiger partial charge in [-0.3, -0.25) is 9.59 Å². The van der Waals surface area contributed by atoms with Crippen molar-refractivity contribution >= 4 is 12.2 Å². The number of aldehydes is 1. The number of phenolic OH excluding ortho intramolecular Hbond substituents is 1. The van der Waals surface area contributed by atoms with E-state index in [9.17, 15) is 14.7 Å². The number of amides is 1. The number of carbonyl (C=O) groups is 2. The number of ether oxygens (including phenoxy) is 2. The first-order valence-electron chi connectivity index (χ1n) is 8.85. The van der Waals surface area contributed by atoms with E-state index in [1.165, 1.54) is 19.4 Å². The summed E-state index contributed by atoms with van der Waals surface area (Å²) < 4.78 is 10.8. The van der Waals surface area contributed by atoms with E-state index in [1.807, 2.05) is 0 Å². The van der Waals surface area contributed by atoms with E-state index >= 15 is 0 Å². The number of aromatic hydroxyl groups is 1. The van der Waals surface area contributed by atoms with E-state index in [2.05, 4.69) is 4.98 Å². The third kappa shape index (κ3) is 4.19. The number of pyridine rings is 1. The molecule has 1 saturated heterocycles. The third-order valence-electron chi connectivity index (χ3n) is 4.67. The summed E-state index contributed by atoms with van der Waals surface area (Å²) >= 11 is 0. The smallest absolute Gasteiger partial charge is 0.255 e. The zero-order valence-electron chi connectivity index (χ0n) is 15.1. The van der Waals surface area contributed by atoms with Crippen LogP contribution in [0.5, 0.6) is 17.4 Å². The summed E-state index contributed by atoms with van der Waals surface area (Å²) in [5, 5.41) is 9.77. The summed E-state index contributed by atoms with van der Waals surface area (Å²) in [6, 6.07) is 7.92. The molecular formula is C20H22N2O5. The van der Waals surface area contributed by atoms with Crippen LogP contribution in [-0.2, 0) is 0 Å². The monoisotopic (exact) mass is 370 g/mol. The van der Waals surface area contributed by atoms with Gasteiger partial charge in [-0.2, -0.15) is 0 Å². The van der Waals surface area contributed by atoms with Gasteiger partial charge in [-0.15, -0.1) is 0 Å². The lowest BCUT2D eigenvalue weighted by molar-refractivity contribution is 0.0526. The van der Waals surface area contributed by atoms with E-state index < -0.39 is 0 Å². The van der Waals surface area contributed by atoms with Crippen molar-refractivity contribution in [2.45, 2.75) is 25.3 Å². The predicted molar refractivity (Wildman–Crippen MR) is 98.5 cm³/mol. The Morgan fingerprint density at radius 2 is 2.19 bits per heavy atom. The van der Waals surface area contributed by atoms with Crippen molar-refractivity contribution in [1.82, 2.24) is 9.88 Å². The molecule has 2 heterocycles. The molecule has 0 spiro atoms. The maximum absolute atomic E-state index is 12.9. The molecule has 1 fully saturated rings. The van der Waals surface area contributed by atoms with Gasteiger partial charge in [0.2, 0.25) is 5.88 Å². The Morgan fingerprint density at radius 1 is 1.33 bits per heavy atom. The van der Waals surface area contributed by atoms with Crippen molar-refractivity contribution in [2.75, 3.05) is 20.3 Å². The van der Waals surface area contributed by atoms with Crippen LogP contribution in [0.15, 0.2) is 36.5 Å². The Bertz CT molecular complexity index is 807. The SMILES string of the molecule is COc1ccc(C(=O)N2CCCCC2COc2cccc(O)c2C=O)cn1. The normalized spacial score (nSPS) is 16.6. The van der Waals surface area contributed by atoms with Crippen LogP contribution in [0.1, 0.15) is 40.0 Å². The highest BCUT2D eigenvalue weighted by molar-refractivity contribution is 5.94. The number of hydrogen-bond acceptors (Lipinski definition) is 6. The first-order chi connectivity index (χ1) is 13.1.